The van der Waals surface area contributed by atoms with Crippen molar-refractivity contribution in [2.24, 2.45) is 17.8 Å². The average molecular weight is 203 g/mol. The van der Waals surface area contributed by atoms with Crippen LogP contribution in [0.15, 0.2) is 0 Å². The van der Waals surface area contributed by atoms with E-state index in [0.29, 0.717) is 5.92 Å². The molecule has 88 valence electrons. The van der Waals surface area contributed by atoms with Crippen LogP contribution in [0.4, 0.5) is 0 Å². The Kier molecular flexibility index (Phi) is 12.8. The maximum Gasteiger partial charge on any atom is 0.0778 e. The van der Waals surface area contributed by atoms with E-state index in [9.17, 15) is 5.11 Å². The fraction of sp³-hybridized carbons (Fsp3) is 1.00. The minimum absolute atomic E-state index is 0.0556. The molecule has 0 atom stereocenters. The number of hydrogen-bond donors (Lipinski definition) is 1. The zero-order valence-corrected chi connectivity index (χ0v) is 10.8. The van der Waals surface area contributed by atoms with Crippen molar-refractivity contribution in [3.05, 3.63) is 0 Å². The predicted molar refractivity (Wildman–Crippen MR) is 61.0 cm³/mol. The lowest BCUT2D eigenvalue weighted by Gasteiger charge is -2.05. The Morgan fingerprint density at radius 2 is 1.07 bits per heavy atom. The van der Waals surface area contributed by atoms with Crippen LogP contribution in [-0.2, 0) is 0 Å². The summed E-state index contributed by atoms with van der Waals surface area (Å²) in [6.45, 7) is 15.5. The molecular weight excluding hydrogens is 174 g/mol. The van der Waals surface area contributed by atoms with Crippen LogP contribution in [0.2, 0.25) is 0 Å². The van der Waals surface area contributed by atoms with Gasteiger partial charge >= 0.3 is 0 Å². The minimum atomic E-state index is 0.0556. The highest BCUT2D eigenvalue weighted by Crippen LogP contribution is 1.85. The van der Waals surface area contributed by atoms with Crippen LogP contribution in [0.1, 0.15) is 41.5 Å². The molecule has 0 radical (unpaired) electrons. The van der Waals surface area contributed by atoms with Gasteiger partial charge in [0.25, 0.3) is 0 Å². The summed E-state index contributed by atoms with van der Waals surface area (Å²) < 4.78 is 0. The highest BCUT2D eigenvalue weighted by Gasteiger charge is 1.97. The zero-order chi connectivity index (χ0) is 11.6. The SMILES string of the molecule is CC(C)C[NH2+]CC(C)C.CC(C)C[O-]. The molecule has 0 aromatic carbocycles. The van der Waals surface area contributed by atoms with Crippen molar-refractivity contribution in [3.63, 3.8) is 0 Å². The number of hydrogen-bond acceptors (Lipinski definition) is 1. The van der Waals surface area contributed by atoms with Crippen LogP contribution < -0.4 is 10.4 Å². The van der Waals surface area contributed by atoms with Gasteiger partial charge in [-0.1, -0.05) is 47.5 Å². The summed E-state index contributed by atoms with van der Waals surface area (Å²) in [5.74, 6) is 2.00. The van der Waals surface area contributed by atoms with Crippen molar-refractivity contribution in [3.8, 4) is 0 Å². The molecule has 0 amide bonds. The molecule has 0 aromatic heterocycles. The highest BCUT2D eigenvalue weighted by atomic mass is 16.3. The van der Waals surface area contributed by atoms with Gasteiger partial charge in [0.1, 0.15) is 0 Å². The normalized spacial score (nSPS) is 10.7. The molecule has 2 heteroatoms. The Morgan fingerprint density at radius 3 is 1.21 bits per heavy atom. The Bertz CT molecular complexity index is 92.5. The van der Waals surface area contributed by atoms with Gasteiger partial charge in [0.15, 0.2) is 0 Å². The third kappa shape index (κ3) is 22.7. The first kappa shape index (κ1) is 16.4. The first-order valence-electron chi connectivity index (χ1n) is 5.79. The number of rotatable bonds is 5. The lowest BCUT2D eigenvalue weighted by atomic mass is 10.2. The summed E-state index contributed by atoms with van der Waals surface area (Å²) in [6, 6.07) is 0. The number of quaternary nitrogens is 1. The van der Waals surface area contributed by atoms with E-state index in [1.54, 1.807) is 0 Å². The third-order valence-corrected chi connectivity index (χ3v) is 1.61. The van der Waals surface area contributed by atoms with Gasteiger partial charge in [-0.15, -0.1) is 6.61 Å². The maximum atomic E-state index is 9.63. The van der Waals surface area contributed by atoms with Gasteiger partial charge in [0, 0.05) is 11.8 Å². The summed E-state index contributed by atoms with van der Waals surface area (Å²) in [6.07, 6.45) is 0. The first-order valence-corrected chi connectivity index (χ1v) is 5.79. The van der Waals surface area contributed by atoms with Crippen molar-refractivity contribution in [1.29, 1.82) is 0 Å². The van der Waals surface area contributed by atoms with E-state index < -0.39 is 0 Å². The van der Waals surface area contributed by atoms with Gasteiger partial charge in [0.2, 0.25) is 0 Å². The second-order valence-electron chi connectivity index (χ2n) is 5.11. The molecule has 0 spiro atoms. The van der Waals surface area contributed by atoms with E-state index in [0.717, 1.165) is 11.8 Å². The van der Waals surface area contributed by atoms with E-state index >= 15 is 0 Å². The van der Waals surface area contributed by atoms with E-state index in [1.165, 1.54) is 13.1 Å². The van der Waals surface area contributed by atoms with Crippen LogP contribution in [0.5, 0.6) is 0 Å². The summed E-state index contributed by atoms with van der Waals surface area (Å²) in [5, 5.41) is 12.0. The van der Waals surface area contributed by atoms with Gasteiger partial charge in [-0.3, -0.25) is 0 Å². The molecule has 0 heterocycles. The van der Waals surface area contributed by atoms with Crippen molar-refractivity contribution in [2.45, 2.75) is 41.5 Å². The Labute approximate surface area is 90.1 Å². The summed E-state index contributed by atoms with van der Waals surface area (Å²) >= 11 is 0. The van der Waals surface area contributed by atoms with Crippen molar-refractivity contribution >= 4 is 0 Å². The van der Waals surface area contributed by atoms with Crippen LogP contribution in [0, 0.1) is 17.8 Å². The molecule has 14 heavy (non-hydrogen) atoms. The molecule has 2 N–H and O–H groups in total. The van der Waals surface area contributed by atoms with Crippen LogP contribution in [0.3, 0.4) is 0 Å². The van der Waals surface area contributed by atoms with Gasteiger partial charge in [-0.2, -0.15) is 0 Å². The maximum absolute atomic E-state index is 9.63. The Hall–Kier alpha value is -0.0800. The predicted octanol–water partition coefficient (Wildman–Crippen LogP) is 0.865. The van der Waals surface area contributed by atoms with Gasteiger partial charge in [0.05, 0.1) is 13.1 Å². The van der Waals surface area contributed by atoms with Gasteiger partial charge in [-0.05, 0) is 0 Å². The largest absolute Gasteiger partial charge is 0.854 e. The lowest BCUT2D eigenvalue weighted by Crippen LogP contribution is -2.86. The fourth-order valence-corrected chi connectivity index (χ4v) is 0.763. The molecule has 0 aliphatic rings. The number of nitrogens with two attached hydrogens (primary N) is 1. The molecular formula is C12H29NO. The van der Waals surface area contributed by atoms with E-state index in [2.05, 4.69) is 33.0 Å². The Balaban J connectivity index is 0. The molecule has 0 bridgehead atoms. The summed E-state index contributed by atoms with van der Waals surface area (Å²) in [4.78, 5) is 0. The molecule has 0 aliphatic carbocycles. The van der Waals surface area contributed by atoms with Gasteiger partial charge < -0.3 is 10.4 Å². The second kappa shape index (κ2) is 11.0. The molecule has 0 saturated carbocycles. The summed E-state index contributed by atoms with van der Waals surface area (Å²) in [5.41, 5.74) is 0. The van der Waals surface area contributed by atoms with Crippen molar-refractivity contribution in [1.82, 2.24) is 0 Å². The van der Waals surface area contributed by atoms with Crippen LogP contribution >= 0.6 is 0 Å². The standard InChI is InChI=1S/C8H19N.C4H9O/c1-7(2)5-9-6-8(3)4;1-4(2)3-5/h7-9H,5-6H2,1-4H3;4H,3H2,1-2H3/q;-1/p+1. The summed E-state index contributed by atoms with van der Waals surface area (Å²) in [7, 11) is 0. The molecule has 0 saturated heterocycles. The molecule has 0 unspecified atom stereocenters. The molecule has 2 nitrogen and oxygen atoms in total. The quantitative estimate of drug-likeness (QED) is 0.707. The monoisotopic (exact) mass is 203 g/mol. The third-order valence-electron chi connectivity index (χ3n) is 1.61. The molecule has 0 rings (SSSR count). The zero-order valence-electron chi connectivity index (χ0n) is 10.8. The van der Waals surface area contributed by atoms with Gasteiger partial charge in [-0.25, -0.2) is 0 Å². The van der Waals surface area contributed by atoms with Crippen LogP contribution in [0.25, 0.3) is 0 Å². The van der Waals surface area contributed by atoms with Crippen molar-refractivity contribution < 1.29 is 10.4 Å². The van der Waals surface area contributed by atoms with E-state index in [1.807, 2.05) is 13.8 Å². The molecule has 0 aromatic rings. The average Bonchev–Trinajstić information content (AvgIpc) is 2.04. The van der Waals surface area contributed by atoms with E-state index in [4.69, 9.17) is 0 Å². The molecule has 0 fully saturated rings. The lowest BCUT2D eigenvalue weighted by molar-refractivity contribution is -0.664. The smallest absolute Gasteiger partial charge is 0.0778 e. The first-order chi connectivity index (χ1) is 6.40. The second-order valence-corrected chi connectivity index (χ2v) is 5.11. The van der Waals surface area contributed by atoms with E-state index in [-0.39, 0.29) is 6.61 Å². The minimum Gasteiger partial charge on any atom is -0.854 e. The fourth-order valence-electron chi connectivity index (χ4n) is 0.763. The highest BCUT2D eigenvalue weighted by molar-refractivity contribution is 4.37. The topological polar surface area (TPSA) is 39.7 Å². The molecule has 0 aliphatic heterocycles. The Morgan fingerprint density at radius 1 is 0.786 bits per heavy atom. The van der Waals surface area contributed by atoms with Crippen LogP contribution in [-0.4, -0.2) is 19.7 Å². The van der Waals surface area contributed by atoms with Crippen molar-refractivity contribution in [2.75, 3.05) is 19.7 Å².